The van der Waals surface area contributed by atoms with Gasteiger partial charge in [-0.15, -0.1) is 0 Å². The van der Waals surface area contributed by atoms with Gasteiger partial charge in [-0.05, 0) is 12.1 Å². The smallest absolute Gasteiger partial charge is 0.384 e. The number of anilines is 1. The molecule has 0 aromatic carbocycles. The summed E-state index contributed by atoms with van der Waals surface area (Å²) in [5, 5.41) is 10.9. The molecule has 2 aromatic rings. The fourth-order valence-corrected chi connectivity index (χ4v) is 1.64. The van der Waals surface area contributed by atoms with E-state index in [9.17, 15) is 23.3 Å². The number of nitrogen functional groups attached to an aromatic ring is 1. The summed E-state index contributed by atoms with van der Waals surface area (Å²) < 4.78 is 38.7. The number of rotatable bonds is 2. The molecule has 0 fully saturated rings. The van der Waals surface area contributed by atoms with E-state index in [4.69, 9.17) is 5.73 Å². The first kappa shape index (κ1) is 13.7. The van der Waals surface area contributed by atoms with Crippen molar-refractivity contribution >= 4 is 11.5 Å². The maximum absolute atomic E-state index is 12.9. The number of aromatic nitrogens is 2. The molecule has 104 valence electrons. The van der Waals surface area contributed by atoms with Crippen LogP contribution in [0.25, 0.3) is 11.3 Å². The summed E-state index contributed by atoms with van der Waals surface area (Å²) in [6, 6.07) is 2.88. The minimum absolute atomic E-state index is 0.123. The molecule has 0 bridgehead atoms. The second-order valence-corrected chi connectivity index (χ2v) is 3.78. The third-order valence-electron chi connectivity index (χ3n) is 2.47. The highest BCUT2D eigenvalue weighted by Gasteiger charge is 2.35. The van der Waals surface area contributed by atoms with Crippen LogP contribution in [0.1, 0.15) is 5.56 Å². The summed E-state index contributed by atoms with van der Waals surface area (Å²) >= 11 is 0. The zero-order valence-electron chi connectivity index (χ0n) is 9.76. The highest BCUT2D eigenvalue weighted by Crippen LogP contribution is 2.38. The summed E-state index contributed by atoms with van der Waals surface area (Å²) in [7, 11) is 0. The van der Waals surface area contributed by atoms with E-state index >= 15 is 0 Å². The number of hydrogen-bond acceptors (Lipinski definition) is 5. The van der Waals surface area contributed by atoms with Crippen LogP contribution in [0.4, 0.5) is 24.7 Å². The zero-order valence-corrected chi connectivity index (χ0v) is 9.76. The van der Waals surface area contributed by atoms with Gasteiger partial charge in [-0.2, -0.15) is 13.2 Å². The first-order valence-corrected chi connectivity index (χ1v) is 5.23. The van der Waals surface area contributed by atoms with Crippen LogP contribution in [0.2, 0.25) is 0 Å². The first-order valence-electron chi connectivity index (χ1n) is 5.23. The number of alkyl halides is 3. The third-order valence-corrected chi connectivity index (χ3v) is 2.47. The Labute approximate surface area is 110 Å². The molecule has 0 aliphatic heterocycles. The maximum Gasteiger partial charge on any atom is 0.417 e. The van der Waals surface area contributed by atoms with Gasteiger partial charge in [-0.3, -0.25) is 15.1 Å². The van der Waals surface area contributed by atoms with E-state index in [1.807, 2.05) is 0 Å². The van der Waals surface area contributed by atoms with E-state index in [-0.39, 0.29) is 5.82 Å². The average molecular weight is 284 g/mol. The van der Waals surface area contributed by atoms with Gasteiger partial charge in [0.05, 0.1) is 10.5 Å². The fourth-order valence-electron chi connectivity index (χ4n) is 1.64. The number of pyridine rings is 2. The lowest BCUT2D eigenvalue weighted by molar-refractivity contribution is -0.384. The summed E-state index contributed by atoms with van der Waals surface area (Å²) in [6.07, 6.45) is -2.86. The molecule has 9 heteroatoms. The molecule has 0 saturated carbocycles. The molecule has 2 N–H and O–H groups in total. The Morgan fingerprint density at radius 3 is 2.55 bits per heavy atom. The van der Waals surface area contributed by atoms with Crippen molar-refractivity contribution in [2.75, 3.05) is 5.73 Å². The molecule has 0 amide bonds. The fraction of sp³-hybridized carbons (Fsp3) is 0.0909. The van der Waals surface area contributed by atoms with Gasteiger partial charge in [0, 0.05) is 24.0 Å². The maximum atomic E-state index is 12.9. The SMILES string of the molecule is Nc1ccc([N+](=O)[O-])c(-c2cnccc2C(F)(F)F)n1. The molecule has 0 atom stereocenters. The Morgan fingerprint density at radius 2 is 1.95 bits per heavy atom. The Hall–Kier alpha value is -2.71. The van der Waals surface area contributed by atoms with Crippen LogP contribution in [0, 0.1) is 10.1 Å². The van der Waals surface area contributed by atoms with Crippen molar-refractivity contribution in [1.29, 1.82) is 0 Å². The van der Waals surface area contributed by atoms with Gasteiger partial charge in [0.15, 0.2) is 5.69 Å². The van der Waals surface area contributed by atoms with Crippen molar-refractivity contribution in [1.82, 2.24) is 9.97 Å². The quantitative estimate of drug-likeness (QED) is 0.675. The Balaban J connectivity index is 2.75. The predicted molar refractivity (Wildman–Crippen MR) is 63.5 cm³/mol. The number of hydrogen-bond donors (Lipinski definition) is 1. The molecule has 0 unspecified atom stereocenters. The lowest BCUT2D eigenvalue weighted by Crippen LogP contribution is -2.09. The van der Waals surface area contributed by atoms with E-state index in [0.717, 1.165) is 30.6 Å². The van der Waals surface area contributed by atoms with Crippen molar-refractivity contribution in [2.24, 2.45) is 0 Å². The van der Waals surface area contributed by atoms with Gasteiger partial charge < -0.3 is 5.73 Å². The third kappa shape index (κ3) is 2.51. The molecular formula is C11H7F3N4O2. The normalized spacial score (nSPS) is 11.3. The lowest BCUT2D eigenvalue weighted by atomic mass is 10.1. The van der Waals surface area contributed by atoms with Crippen LogP contribution in [0.15, 0.2) is 30.6 Å². The monoisotopic (exact) mass is 284 g/mol. The zero-order chi connectivity index (χ0) is 14.9. The van der Waals surface area contributed by atoms with E-state index in [0.29, 0.717) is 0 Å². The van der Waals surface area contributed by atoms with Crippen molar-refractivity contribution in [2.45, 2.75) is 6.18 Å². The molecule has 0 radical (unpaired) electrons. The van der Waals surface area contributed by atoms with Crippen LogP contribution < -0.4 is 5.73 Å². The van der Waals surface area contributed by atoms with E-state index < -0.39 is 33.6 Å². The van der Waals surface area contributed by atoms with Crippen molar-refractivity contribution in [3.63, 3.8) is 0 Å². The van der Waals surface area contributed by atoms with Crippen LogP contribution in [-0.4, -0.2) is 14.9 Å². The first-order chi connectivity index (χ1) is 9.30. The summed E-state index contributed by atoms with van der Waals surface area (Å²) in [4.78, 5) is 17.3. The van der Waals surface area contributed by atoms with E-state index in [1.54, 1.807) is 0 Å². The number of nitro groups is 1. The second-order valence-electron chi connectivity index (χ2n) is 3.78. The highest BCUT2D eigenvalue weighted by atomic mass is 19.4. The molecule has 0 spiro atoms. The molecule has 2 heterocycles. The molecule has 20 heavy (non-hydrogen) atoms. The minimum atomic E-state index is -4.68. The van der Waals surface area contributed by atoms with Crippen LogP contribution >= 0.6 is 0 Å². The molecule has 2 aromatic heterocycles. The summed E-state index contributed by atoms with van der Waals surface area (Å²) in [5.74, 6) is -0.123. The van der Waals surface area contributed by atoms with Crippen molar-refractivity contribution in [3.05, 3.63) is 46.3 Å². The molecular weight excluding hydrogens is 277 g/mol. The number of nitrogens with two attached hydrogens (primary N) is 1. The summed E-state index contributed by atoms with van der Waals surface area (Å²) in [5.41, 5.74) is 2.81. The molecule has 0 aliphatic rings. The standard InChI is InChI=1S/C11H7F3N4O2/c12-11(13,14)7-3-4-16-5-6(7)10-8(18(19)20)1-2-9(15)17-10/h1-5H,(H2,15,17). The Bertz CT molecular complexity index is 673. The second kappa shape index (κ2) is 4.76. The Kier molecular flexibility index (Phi) is 3.26. The molecule has 2 rings (SSSR count). The summed E-state index contributed by atoms with van der Waals surface area (Å²) in [6.45, 7) is 0. The molecule has 6 nitrogen and oxygen atoms in total. The number of halogens is 3. The lowest BCUT2D eigenvalue weighted by Gasteiger charge is -2.11. The largest absolute Gasteiger partial charge is 0.417 e. The predicted octanol–water partition coefficient (Wildman–Crippen LogP) is 2.65. The van der Waals surface area contributed by atoms with E-state index in [2.05, 4.69) is 9.97 Å². The molecule has 0 saturated heterocycles. The van der Waals surface area contributed by atoms with E-state index in [1.165, 1.54) is 0 Å². The molecule has 0 aliphatic carbocycles. The minimum Gasteiger partial charge on any atom is -0.384 e. The van der Waals surface area contributed by atoms with Crippen molar-refractivity contribution < 1.29 is 18.1 Å². The Morgan fingerprint density at radius 1 is 1.25 bits per heavy atom. The van der Waals surface area contributed by atoms with Crippen molar-refractivity contribution in [3.8, 4) is 11.3 Å². The topological polar surface area (TPSA) is 94.9 Å². The average Bonchev–Trinajstić information content (AvgIpc) is 2.37. The van der Waals surface area contributed by atoms with Gasteiger partial charge in [0.1, 0.15) is 5.82 Å². The van der Waals surface area contributed by atoms with Crippen LogP contribution in [0.3, 0.4) is 0 Å². The van der Waals surface area contributed by atoms with Gasteiger partial charge in [0.2, 0.25) is 0 Å². The van der Waals surface area contributed by atoms with Gasteiger partial charge >= 0.3 is 6.18 Å². The highest BCUT2D eigenvalue weighted by molar-refractivity contribution is 5.73. The van der Waals surface area contributed by atoms with Crippen LogP contribution in [-0.2, 0) is 6.18 Å². The van der Waals surface area contributed by atoms with Gasteiger partial charge in [-0.1, -0.05) is 0 Å². The number of nitrogens with zero attached hydrogens (tertiary/aromatic N) is 3. The van der Waals surface area contributed by atoms with Gasteiger partial charge in [-0.25, -0.2) is 4.98 Å². The van der Waals surface area contributed by atoms with Gasteiger partial charge in [0.25, 0.3) is 5.69 Å². The van der Waals surface area contributed by atoms with Crippen LogP contribution in [0.5, 0.6) is 0 Å².